The number of aromatic nitrogens is 3. The van der Waals surface area contributed by atoms with E-state index in [1.54, 1.807) is 11.3 Å². The van der Waals surface area contributed by atoms with Gasteiger partial charge in [-0.2, -0.15) is 0 Å². The fraction of sp³-hybridized carbons (Fsp3) is 0.385. The number of nitrogens with zero attached hydrogens (tertiary/aromatic N) is 4. The number of benzene rings is 1. The third kappa shape index (κ3) is 5.20. The zero-order chi connectivity index (χ0) is 25.3. The fourth-order valence-corrected chi connectivity index (χ4v) is 5.17. The maximum absolute atomic E-state index is 12.8. The maximum atomic E-state index is 12.8. The van der Waals surface area contributed by atoms with Gasteiger partial charge in [0.15, 0.2) is 5.82 Å². The third-order valence-corrected chi connectivity index (χ3v) is 6.76. The number of ether oxygens (including phenoxy) is 1. The lowest BCUT2D eigenvalue weighted by Crippen LogP contribution is -2.25. The highest BCUT2D eigenvalue weighted by Crippen LogP contribution is 2.39. The molecule has 0 fully saturated rings. The molecule has 182 valence electrons. The van der Waals surface area contributed by atoms with Gasteiger partial charge >= 0.3 is 5.97 Å². The van der Waals surface area contributed by atoms with Crippen LogP contribution in [0.1, 0.15) is 72.0 Å². The number of fused-ring (bicyclic) bond motifs is 3. The molecule has 0 bridgehead atoms. The first-order valence-corrected chi connectivity index (χ1v) is 12.1. The minimum absolute atomic E-state index is 0.0640. The molecular formula is C26H29N5O3S. The average molecular weight is 492 g/mol. The van der Waals surface area contributed by atoms with Gasteiger partial charge in [0.05, 0.1) is 12.1 Å². The van der Waals surface area contributed by atoms with Gasteiger partial charge < -0.3 is 4.74 Å². The summed E-state index contributed by atoms with van der Waals surface area (Å²) in [6.45, 7) is 11.8. The van der Waals surface area contributed by atoms with Gasteiger partial charge in [0, 0.05) is 21.6 Å². The van der Waals surface area contributed by atoms with Crippen molar-refractivity contribution in [1.29, 1.82) is 0 Å². The van der Waals surface area contributed by atoms with E-state index in [1.165, 1.54) is 4.88 Å². The number of thiophene rings is 1. The molecule has 0 radical (unpaired) electrons. The normalized spacial score (nSPS) is 14.8. The van der Waals surface area contributed by atoms with Gasteiger partial charge in [-0.3, -0.25) is 19.2 Å². The van der Waals surface area contributed by atoms with Gasteiger partial charge in [0.1, 0.15) is 29.1 Å². The molecule has 2 aromatic heterocycles. The van der Waals surface area contributed by atoms with Gasteiger partial charge in [-0.05, 0) is 59.2 Å². The predicted octanol–water partition coefficient (Wildman–Crippen LogP) is 4.12. The first-order chi connectivity index (χ1) is 16.6. The Morgan fingerprint density at radius 3 is 2.54 bits per heavy atom. The van der Waals surface area contributed by atoms with Crippen LogP contribution in [-0.4, -0.2) is 38.7 Å². The van der Waals surface area contributed by atoms with Crippen LogP contribution in [0.3, 0.4) is 0 Å². The zero-order valence-electron chi connectivity index (χ0n) is 20.8. The highest BCUT2D eigenvalue weighted by Gasteiger charge is 2.33. The molecule has 1 aliphatic rings. The number of aryl methyl sites for hydroxylation is 2. The van der Waals surface area contributed by atoms with Crippen molar-refractivity contribution in [2.75, 3.05) is 6.61 Å². The van der Waals surface area contributed by atoms with Crippen LogP contribution in [0, 0.1) is 32.6 Å². The Kier molecular flexibility index (Phi) is 6.90. The van der Waals surface area contributed by atoms with Crippen molar-refractivity contribution in [2.45, 2.75) is 59.6 Å². The molecule has 1 atom stereocenters. The average Bonchev–Trinajstić information content (AvgIpc) is 3.25. The number of carbonyl (C=O) groups is 1. The number of hydrogen-bond donors (Lipinski definition) is 1. The summed E-state index contributed by atoms with van der Waals surface area (Å²) in [6.07, 6.45) is 0.0640. The zero-order valence-corrected chi connectivity index (χ0v) is 21.6. The van der Waals surface area contributed by atoms with Crippen molar-refractivity contribution < 1.29 is 14.4 Å². The Morgan fingerprint density at radius 2 is 1.89 bits per heavy atom. The lowest BCUT2D eigenvalue weighted by molar-refractivity contribution is -0.155. The summed E-state index contributed by atoms with van der Waals surface area (Å²) < 4.78 is 7.64. The second kappa shape index (κ2) is 9.74. The summed E-state index contributed by atoms with van der Waals surface area (Å²) in [6, 6.07) is 7.32. The van der Waals surface area contributed by atoms with Gasteiger partial charge in [0.2, 0.25) is 0 Å². The number of nitrogens with two attached hydrogens (primary N) is 1. The van der Waals surface area contributed by atoms with Crippen LogP contribution in [0.2, 0.25) is 0 Å². The van der Waals surface area contributed by atoms with E-state index in [9.17, 15) is 4.79 Å². The maximum Gasteiger partial charge on any atom is 0.308 e. The van der Waals surface area contributed by atoms with Crippen molar-refractivity contribution in [3.05, 3.63) is 63.0 Å². The Hall–Kier alpha value is -3.32. The molecule has 35 heavy (non-hydrogen) atoms. The first kappa shape index (κ1) is 24.8. The topological polar surface area (TPSA) is 105 Å². The monoisotopic (exact) mass is 491 g/mol. The second-order valence-electron chi connectivity index (χ2n) is 9.38. The summed E-state index contributed by atoms with van der Waals surface area (Å²) in [4.78, 5) is 23.6. The largest absolute Gasteiger partial charge is 0.460 e. The summed E-state index contributed by atoms with van der Waals surface area (Å²) >= 11 is 1.68. The standard InChI is InChI=1S/C26H29N5O3S/c1-15-16(2)35-25-22(15)23(19-11-9-18(10-12-19)8-7-13-33-27)28-20(14-21(32)34-26(4,5)6)24-30-29-17(3)31(24)25/h9-12,20H,13-14,27H2,1-6H3/t20-/m0/s1. The summed E-state index contributed by atoms with van der Waals surface area (Å²) in [7, 11) is 0. The van der Waals surface area contributed by atoms with E-state index in [0.29, 0.717) is 5.82 Å². The quantitative estimate of drug-likeness (QED) is 0.334. The first-order valence-electron chi connectivity index (χ1n) is 11.3. The van der Waals surface area contributed by atoms with E-state index in [2.05, 4.69) is 40.7 Å². The van der Waals surface area contributed by atoms with E-state index in [1.807, 2.05) is 56.5 Å². The van der Waals surface area contributed by atoms with Crippen molar-refractivity contribution in [2.24, 2.45) is 10.9 Å². The van der Waals surface area contributed by atoms with Crippen molar-refractivity contribution >= 4 is 23.0 Å². The summed E-state index contributed by atoms with van der Waals surface area (Å²) in [5.74, 6) is 12.0. The van der Waals surface area contributed by atoms with E-state index in [-0.39, 0.29) is 19.0 Å². The van der Waals surface area contributed by atoms with Crippen LogP contribution < -0.4 is 5.90 Å². The molecule has 0 amide bonds. The van der Waals surface area contributed by atoms with Gasteiger partial charge in [-0.25, -0.2) is 5.90 Å². The van der Waals surface area contributed by atoms with E-state index < -0.39 is 11.6 Å². The second-order valence-corrected chi connectivity index (χ2v) is 10.6. The molecule has 0 saturated carbocycles. The SMILES string of the molecule is Cc1sc2c(c1C)C(c1ccc(C#CCON)cc1)=N[C@@H](CC(=O)OC(C)(C)C)c1nnc(C)n1-2. The molecule has 8 nitrogen and oxygen atoms in total. The molecule has 3 heterocycles. The molecule has 9 heteroatoms. The Bertz CT molecular complexity index is 1350. The van der Waals surface area contributed by atoms with Crippen LogP contribution in [0.5, 0.6) is 0 Å². The molecule has 4 rings (SSSR count). The molecule has 0 aliphatic carbocycles. The number of aliphatic imine (C=N–C) groups is 1. The minimum Gasteiger partial charge on any atom is -0.460 e. The van der Waals surface area contributed by atoms with Gasteiger partial charge in [-0.15, -0.1) is 21.5 Å². The van der Waals surface area contributed by atoms with Crippen molar-refractivity contribution in [1.82, 2.24) is 14.8 Å². The van der Waals surface area contributed by atoms with Gasteiger partial charge in [-0.1, -0.05) is 24.0 Å². The highest BCUT2D eigenvalue weighted by molar-refractivity contribution is 7.15. The minimum atomic E-state index is -0.587. The lowest BCUT2D eigenvalue weighted by Gasteiger charge is -2.21. The van der Waals surface area contributed by atoms with Crippen molar-refractivity contribution in [3.63, 3.8) is 0 Å². The molecule has 1 aliphatic heterocycles. The molecule has 0 saturated heterocycles. The number of hydrogen-bond acceptors (Lipinski definition) is 8. The van der Waals surface area contributed by atoms with E-state index in [4.69, 9.17) is 15.6 Å². The Labute approximate surface area is 209 Å². The van der Waals surface area contributed by atoms with E-state index >= 15 is 0 Å². The third-order valence-electron chi connectivity index (χ3n) is 5.57. The number of rotatable bonds is 4. The van der Waals surface area contributed by atoms with Crippen molar-refractivity contribution in [3.8, 4) is 16.8 Å². The van der Waals surface area contributed by atoms with Crippen LogP contribution in [0.25, 0.3) is 5.00 Å². The lowest BCUT2D eigenvalue weighted by atomic mass is 9.98. The summed E-state index contributed by atoms with van der Waals surface area (Å²) in [5.41, 5.74) is 4.17. The van der Waals surface area contributed by atoms with Crippen LogP contribution >= 0.6 is 11.3 Å². The van der Waals surface area contributed by atoms with Crippen LogP contribution in [0.4, 0.5) is 0 Å². The summed E-state index contributed by atoms with van der Waals surface area (Å²) in [5, 5.41) is 9.76. The molecular weight excluding hydrogens is 462 g/mol. The molecule has 3 aromatic rings. The highest BCUT2D eigenvalue weighted by atomic mass is 32.1. The molecule has 2 N–H and O–H groups in total. The number of esters is 1. The van der Waals surface area contributed by atoms with Gasteiger partial charge in [0.25, 0.3) is 0 Å². The molecule has 1 aromatic carbocycles. The predicted molar refractivity (Wildman–Crippen MR) is 136 cm³/mol. The Morgan fingerprint density at radius 1 is 1.17 bits per heavy atom. The molecule has 0 spiro atoms. The Balaban J connectivity index is 1.84. The number of carbonyl (C=O) groups excluding carboxylic acids is 1. The smallest absolute Gasteiger partial charge is 0.308 e. The molecule has 0 unspecified atom stereocenters. The van der Waals surface area contributed by atoms with E-state index in [0.717, 1.165) is 38.8 Å². The fourth-order valence-electron chi connectivity index (χ4n) is 3.96. The van der Waals surface area contributed by atoms with Crippen LogP contribution in [0.15, 0.2) is 29.3 Å². The van der Waals surface area contributed by atoms with Crippen LogP contribution in [-0.2, 0) is 14.4 Å².